The van der Waals surface area contributed by atoms with E-state index in [1.165, 1.54) is 0 Å². The van der Waals surface area contributed by atoms with E-state index in [9.17, 15) is 4.39 Å². The quantitative estimate of drug-likeness (QED) is 0.367. The second-order valence-electron chi connectivity index (χ2n) is 2.94. The number of rotatable bonds is 4. The van der Waals surface area contributed by atoms with Gasteiger partial charge in [0.1, 0.15) is 0 Å². The minimum atomic E-state index is -0.234. The van der Waals surface area contributed by atoms with Crippen LogP contribution in [-0.4, -0.2) is 26.3 Å². The van der Waals surface area contributed by atoms with Crippen molar-refractivity contribution in [3.63, 3.8) is 0 Å². The van der Waals surface area contributed by atoms with Crippen LogP contribution in [0.15, 0.2) is 0 Å². The lowest BCUT2D eigenvalue weighted by Gasteiger charge is -2.40. The molecule has 1 fully saturated rings. The molecular formula is C6H14FN3. The first-order valence-electron chi connectivity index (χ1n) is 3.53. The van der Waals surface area contributed by atoms with Crippen molar-refractivity contribution in [3.8, 4) is 0 Å². The molecule has 0 amide bonds. The van der Waals surface area contributed by atoms with Crippen LogP contribution in [0, 0.1) is 5.41 Å². The van der Waals surface area contributed by atoms with E-state index in [-0.39, 0.29) is 12.1 Å². The molecule has 0 saturated carbocycles. The lowest BCUT2D eigenvalue weighted by atomic mass is 9.80. The Morgan fingerprint density at radius 2 is 2.30 bits per heavy atom. The first-order valence-corrected chi connectivity index (χ1v) is 3.53. The standard InChI is InChI=1S/C6H14FN3/c7-3-6(1-2-10-8)4-9-5-6/h9-10H,1-5,8H2. The molecule has 0 spiro atoms. The molecule has 0 aromatic carbocycles. The molecule has 1 heterocycles. The Kier molecular flexibility index (Phi) is 2.59. The zero-order chi connectivity index (χ0) is 7.45. The van der Waals surface area contributed by atoms with Crippen LogP contribution in [0.3, 0.4) is 0 Å². The molecule has 0 bridgehead atoms. The molecule has 1 saturated heterocycles. The van der Waals surface area contributed by atoms with E-state index < -0.39 is 0 Å². The molecule has 1 aliphatic heterocycles. The summed E-state index contributed by atoms with van der Waals surface area (Å²) in [7, 11) is 0. The lowest BCUT2D eigenvalue weighted by Crippen LogP contribution is -2.56. The highest BCUT2D eigenvalue weighted by Gasteiger charge is 2.36. The zero-order valence-corrected chi connectivity index (χ0v) is 5.99. The van der Waals surface area contributed by atoms with Crippen LogP contribution in [-0.2, 0) is 0 Å². The summed E-state index contributed by atoms with van der Waals surface area (Å²) in [5.74, 6) is 5.08. The molecule has 3 nitrogen and oxygen atoms in total. The molecule has 1 rings (SSSR count). The van der Waals surface area contributed by atoms with Crippen molar-refractivity contribution in [1.82, 2.24) is 10.7 Å². The fourth-order valence-corrected chi connectivity index (χ4v) is 1.15. The third-order valence-corrected chi connectivity index (χ3v) is 2.08. The monoisotopic (exact) mass is 147 g/mol. The molecule has 0 aromatic rings. The topological polar surface area (TPSA) is 50.1 Å². The van der Waals surface area contributed by atoms with E-state index in [4.69, 9.17) is 5.84 Å². The van der Waals surface area contributed by atoms with E-state index in [0.717, 1.165) is 19.5 Å². The summed E-state index contributed by atoms with van der Waals surface area (Å²) in [5, 5.41) is 3.05. The maximum atomic E-state index is 12.3. The molecule has 0 radical (unpaired) electrons. The summed E-state index contributed by atoms with van der Waals surface area (Å²) in [5.41, 5.74) is 2.43. The van der Waals surface area contributed by atoms with Crippen LogP contribution < -0.4 is 16.6 Å². The van der Waals surface area contributed by atoms with Crippen LogP contribution in [0.25, 0.3) is 0 Å². The number of hydrogen-bond acceptors (Lipinski definition) is 3. The van der Waals surface area contributed by atoms with Gasteiger partial charge in [-0.15, -0.1) is 0 Å². The highest BCUT2D eigenvalue weighted by atomic mass is 19.1. The smallest absolute Gasteiger partial charge is 0.0975 e. The van der Waals surface area contributed by atoms with Gasteiger partial charge in [-0.1, -0.05) is 0 Å². The second kappa shape index (κ2) is 3.27. The van der Waals surface area contributed by atoms with Gasteiger partial charge in [0.2, 0.25) is 0 Å². The van der Waals surface area contributed by atoms with E-state index in [1.807, 2.05) is 0 Å². The first kappa shape index (κ1) is 7.91. The molecule has 60 valence electrons. The van der Waals surface area contributed by atoms with Crippen LogP contribution in [0.5, 0.6) is 0 Å². The summed E-state index contributed by atoms with van der Waals surface area (Å²) in [6, 6.07) is 0. The van der Waals surface area contributed by atoms with Gasteiger partial charge >= 0.3 is 0 Å². The Labute approximate surface area is 60.1 Å². The molecule has 0 unspecified atom stereocenters. The normalized spacial score (nSPS) is 22.2. The van der Waals surface area contributed by atoms with Gasteiger partial charge in [-0.3, -0.25) is 15.7 Å². The number of hydrogen-bond donors (Lipinski definition) is 3. The molecule has 0 atom stereocenters. The molecule has 0 aliphatic carbocycles. The van der Waals surface area contributed by atoms with E-state index in [0.29, 0.717) is 6.54 Å². The summed E-state index contributed by atoms with van der Waals surface area (Å²) < 4.78 is 12.3. The fraction of sp³-hybridized carbons (Fsp3) is 1.00. The lowest BCUT2D eigenvalue weighted by molar-refractivity contribution is 0.109. The van der Waals surface area contributed by atoms with E-state index in [2.05, 4.69) is 10.7 Å². The summed E-state index contributed by atoms with van der Waals surface area (Å²) in [6.45, 7) is 2.06. The van der Waals surface area contributed by atoms with Crippen molar-refractivity contribution >= 4 is 0 Å². The van der Waals surface area contributed by atoms with Gasteiger partial charge in [-0.2, -0.15) is 0 Å². The molecule has 4 N–H and O–H groups in total. The third-order valence-electron chi connectivity index (χ3n) is 2.08. The molecule has 1 aliphatic rings. The highest BCUT2D eigenvalue weighted by Crippen LogP contribution is 2.26. The Hall–Kier alpha value is -0.190. The van der Waals surface area contributed by atoms with Crippen LogP contribution >= 0.6 is 0 Å². The average Bonchev–Trinajstić information content (AvgIpc) is 1.87. The molecule has 0 aromatic heterocycles. The first-order chi connectivity index (χ1) is 4.83. The third kappa shape index (κ3) is 1.45. The number of halogens is 1. The van der Waals surface area contributed by atoms with E-state index in [1.54, 1.807) is 0 Å². The Morgan fingerprint density at radius 1 is 1.60 bits per heavy atom. The Balaban J connectivity index is 2.20. The number of nitrogens with one attached hydrogen (secondary N) is 2. The molecule has 10 heavy (non-hydrogen) atoms. The number of alkyl halides is 1. The largest absolute Gasteiger partial charge is 0.315 e. The molecule has 4 heteroatoms. The SMILES string of the molecule is NNCCC1(CF)CNC1. The van der Waals surface area contributed by atoms with Crippen molar-refractivity contribution in [2.24, 2.45) is 11.3 Å². The van der Waals surface area contributed by atoms with Crippen LogP contribution in [0.4, 0.5) is 4.39 Å². The van der Waals surface area contributed by atoms with Crippen molar-refractivity contribution in [1.29, 1.82) is 0 Å². The number of nitrogens with two attached hydrogens (primary N) is 1. The maximum Gasteiger partial charge on any atom is 0.0975 e. The predicted octanol–water partition coefficient (Wildman–Crippen LogP) is -0.601. The van der Waals surface area contributed by atoms with Crippen LogP contribution in [0.1, 0.15) is 6.42 Å². The molecular weight excluding hydrogens is 133 g/mol. The van der Waals surface area contributed by atoms with Gasteiger partial charge < -0.3 is 5.32 Å². The predicted molar refractivity (Wildman–Crippen MR) is 38.1 cm³/mol. The van der Waals surface area contributed by atoms with Crippen molar-refractivity contribution in [2.75, 3.05) is 26.3 Å². The average molecular weight is 147 g/mol. The Morgan fingerprint density at radius 3 is 2.60 bits per heavy atom. The van der Waals surface area contributed by atoms with Gasteiger partial charge in [0, 0.05) is 25.0 Å². The van der Waals surface area contributed by atoms with Gasteiger partial charge in [-0.05, 0) is 6.42 Å². The van der Waals surface area contributed by atoms with Gasteiger partial charge in [0.15, 0.2) is 0 Å². The van der Waals surface area contributed by atoms with E-state index >= 15 is 0 Å². The van der Waals surface area contributed by atoms with Gasteiger partial charge in [-0.25, -0.2) is 0 Å². The highest BCUT2D eigenvalue weighted by molar-refractivity contribution is 4.91. The van der Waals surface area contributed by atoms with Gasteiger partial charge in [0.25, 0.3) is 0 Å². The minimum Gasteiger partial charge on any atom is -0.315 e. The van der Waals surface area contributed by atoms with Crippen molar-refractivity contribution < 1.29 is 4.39 Å². The van der Waals surface area contributed by atoms with Crippen LogP contribution in [0.2, 0.25) is 0 Å². The zero-order valence-electron chi connectivity index (χ0n) is 5.99. The van der Waals surface area contributed by atoms with Gasteiger partial charge in [0.05, 0.1) is 6.67 Å². The summed E-state index contributed by atoms with van der Waals surface area (Å²) >= 11 is 0. The van der Waals surface area contributed by atoms with Crippen molar-refractivity contribution in [3.05, 3.63) is 0 Å². The minimum absolute atomic E-state index is 0.105. The second-order valence-corrected chi connectivity index (χ2v) is 2.94. The summed E-state index contributed by atoms with van der Waals surface area (Å²) in [4.78, 5) is 0. The summed E-state index contributed by atoms with van der Waals surface area (Å²) in [6.07, 6.45) is 0.826. The Bertz CT molecular complexity index is 97.7. The van der Waals surface area contributed by atoms with Crippen molar-refractivity contribution in [2.45, 2.75) is 6.42 Å². The fourth-order valence-electron chi connectivity index (χ4n) is 1.15. The number of hydrazine groups is 1. The maximum absolute atomic E-state index is 12.3.